The standard InChI is InChI=1S/C15H9N3O6S/c19-11-6-9(5-10(12(11)20)18(23)24)14-16-13(17-25-14)7-1-3-8(4-2-7)15(21)22/h1-6,19-20H,(H,21,22). The quantitative estimate of drug-likeness (QED) is 0.366. The van der Waals surface area contributed by atoms with Crippen LogP contribution in [0.1, 0.15) is 10.4 Å². The molecule has 3 rings (SSSR count). The molecule has 0 atom stereocenters. The fraction of sp³-hybridized carbons (Fsp3) is 0. The van der Waals surface area contributed by atoms with Gasteiger partial charge in [0, 0.05) is 17.2 Å². The summed E-state index contributed by atoms with van der Waals surface area (Å²) in [5.74, 6) is -2.19. The van der Waals surface area contributed by atoms with E-state index in [0.29, 0.717) is 16.4 Å². The highest BCUT2D eigenvalue weighted by molar-refractivity contribution is 7.09. The predicted molar refractivity (Wildman–Crippen MR) is 87.7 cm³/mol. The summed E-state index contributed by atoms with van der Waals surface area (Å²) >= 11 is 0.950. The van der Waals surface area contributed by atoms with Gasteiger partial charge in [0.25, 0.3) is 0 Å². The molecule has 1 aromatic heterocycles. The molecule has 0 aliphatic rings. The van der Waals surface area contributed by atoms with E-state index in [-0.39, 0.29) is 11.1 Å². The number of nitro benzene ring substituents is 1. The Hall–Kier alpha value is -3.53. The maximum atomic E-state index is 10.9. The number of nitro groups is 1. The van der Waals surface area contributed by atoms with Crippen LogP contribution in [0.3, 0.4) is 0 Å². The van der Waals surface area contributed by atoms with Crippen molar-refractivity contribution in [1.82, 2.24) is 9.36 Å². The minimum Gasteiger partial charge on any atom is -0.504 e. The van der Waals surface area contributed by atoms with Crippen molar-refractivity contribution >= 4 is 23.2 Å². The second-order valence-corrected chi connectivity index (χ2v) is 5.68. The van der Waals surface area contributed by atoms with Crippen LogP contribution in [0.15, 0.2) is 36.4 Å². The van der Waals surface area contributed by atoms with Crippen LogP contribution in [0.25, 0.3) is 22.0 Å². The number of hydrogen-bond donors (Lipinski definition) is 3. The van der Waals surface area contributed by atoms with Gasteiger partial charge in [0.05, 0.1) is 10.5 Å². The van der Waals surface area contributed by atoms with Gasteiger partial charge in [-0.1, -0.05) is 12.1 Å². The number of aromatic hydroxyl groups is 2. The SMILES string of the molecule is O=C(O)c1ccc(-c2nsc(-c3cc(O)c(O)c([N+](=O)[O-])c3)n2)cc1. The Labute approximate surface area is 143 Å². The average molecular weight is 359 g/mol. The fourth-order valence-electron chi connectivity index (χ4n) is 2.09. The molecule has 0 aliphatic heterocycles. The number of rotatable bonds is 4. The number of nitrogens with zero attached hydrogens (tertiary/aromatic N) is 3. The molecule has 2 aromatic carbocycles. The summed E-state index contributed by atoms with van der Waals surface area (Å²) in [7, 11) is 0. The summed E-state index contributed by atoms with van der Waals surface area (Å²) < 4.78 is 4.13. The molecule has 0 saturated heterocycles. The molecule has 0 spiro atoms. The van der Waals surface area contributed by atoms with E-state index in [9.17, 15) is 25.1 Å². The van der Waals surface area contributed by atoms with Crippen molar-refractivity contribution in [3.63, 3.8) is 0 Å². The Morgan fingerprint density at radius 3 is 2.40 bits per heavy atom. The Morgan fingerprint density at radius 1 is 1.12 bits per heavy atom. The van der Waals surface area contributed by atoms with Gasteiger partial charge in [-0.25, -0.2) is 9.78 Å². The van der Waals surface area contributed by atoms with Gasteiger partial charge in [-0.3, -0.25) is 10.1 Å². The number of carbonyl (C=O) groups is 1. The van der Waals surface area contributed by atoms with Crippen molar-refractivity contribution in [2.75, 3.05) is 0 Å². The summed E-state index contributed by atoms with van der Waals surface area (Å²) in [4.78, 5) is 25.2. The van der Waals surface area contributed by atoms with Crippen molar-refractivity contribution in [2.45, 2.75) is 0 Å². The number of hydrogen-bond acceptors (Lipinski definition) is 8. The van der Waals surface area contributed by atoms with Gasteiger partial charge in [0.1, 0.15) is 5.01 Å². The Balaban J connectivity index is 1.99. The van der Waals surface area contributed by atoms with Crippen LogP contribution in [0.4, 0.5) is 5.69 Å². The summed E-state index contributed by atoms with van der Waals surface area (Å²) in [6.07, 6.45) is 0. The smallest absolute Gasteiger partial charge is 0.335 e. The van der Waals surface area contributed by atoms with Gasteiger partial charge in [-0.2, -0.15) is 4.37 Å². The molecule has 3 N–H and O–H groups in total. The second kappa shape index (κ2) is 6.17. The zero-order valence-corrected chi connectivity index (χ0v) is 13.1. The first-order valence-electron chi connectivity index (χ1n) is 6.75. The van der Waals surface area contributed by atoms with E-state index in [4.69, 9.17) is 5.11 Å². The summed E-state index contributed by atoms with van der Waals surface area (Å²) in [6.45, 7) is 0. The Kier molecular flexibility index (Phi) is 4.03. The van der Waals surface area contributed by atoms with E-state index in [1.807, 2.05) is 0 Å². The zero-order chi connectivity index (χ0) is 18.1. The first-order valence-corrected chi connectivity index (χ1v) is 7.52. The molecule has 1 heterocycles. The van der Waals surface area contributed by atoms with E-state index in [1.165, 1.54) is 12.1 Å². The van der Waals surface area contributed by atoms with Gasteiger partial charge in [0.15, 0.2) is 11.6 Å². The van der Waals surface area contributed by atoms with Crippen LogP contribution < -0.4 is 0 Å². The normalized spacial score (nSPS) is 10.6. The maximum Gasteiger partial charge on any atom is 0.335 e. The molecule has 0 amide bonds. The number of benzene rings is 2. The fourth-order valence-corrected chi connectivity index (χ4v) is 2.76. The van der Waals surface area contributed by atoms with Crippen LogP contribution in [-0.4, -0.2) is 35.6 Å². The molecule has 0 unspecified atom stereocenters. The van der Waals surface area contributed by atoms with Crippen LogP contribution in [-0.2, 0) is 0 Å². The highest BCUT2D eigenvalue weighted by atomic mass is 32.1. The van der Waals surface area contributed by atoms with Crippen molar-refractivity contribution in [3.8, 4) is 33.5 Å². The lowest BCUT2D eigenvalue weighted by molar-refractivity contribution is -0.385. The highest BCUT2D eigenvalue weighted by Gasteiger charge is 2.21. The minimum atomic E-state index is -1.05. The third-order valence-corrected chi connectivity index (χ3v) is 4.09. The zero-order valence-electron chi connectivity index (χ0n) is 12.3. The summed E-state index contributed by atoms with van der Waals surface area (Å²) in [6, 6.07) is 8.16. The number of carboxylic acids is 1. The van der Waals surface area contributed by atoms with E-state index in [0.717, 1.165) is 23.7 Å². The predicted octanol–water partition coefficient (Wildman–Crippen LogP) is 2.89. The van der Waals surface area contributed by atoms with Crippen LogP contribution >= 0.6 is 11.5 Å². The number of aromatic nitrogens is 2. The largest absolute Gasteiger partial charge is 0.504 e. The number of aromatic carboxylic acids is 1. The third-order valence-electron chi connectivity index (χ3n) is 3.33. The van der Waals surface area contributed by atoms with E-state index < -0.39 is 28.1 Å². The monoisotopic (exact) mass is 359 g/mol. The van der Waals surface area contributed by atoms with Crippen molar-refractivity contribution in [1.29, 1.82) is 0 Å². The van der Waals surface area contributed by atoms with E-state index in [1.54, 1.807) is 12.1 Å². The number of phenolic OH excluding ortho intramolecular Hbond substituents is 2. The molecule has 10 heteroatoms. The first kappa shape index (κ1) is 16.3. The lowest BCUT2D eigenvalue weighted by Gasteiger charge is -2.02. The molecular weight excluding hydrogens is 350 g/mol. The molecule has 9 nitrogen and oxygen atoms in total. The summed E-state index contributed by atoms with van der Waals surface area (Å²) in [5.41, 5.74) is 0.286. The topological polar surface area (TPSA) is 147 Å². The number of carboxylic acid groups (broad SMARTS) is 1. The first-order chi connectivity index (χ1) is 11.9. The lowest BCUT2D eigenvalue weighted by atomic mass is 10.1. The van der Waals surface area contributed by atoms with Crippen molar-refractivity contribution in [3.05, 3.63) is 52.1 Å². The lowest BCUT2D eigenvalue weighted by Crippen LogP contribution is -1.95. The molecule has 0 fully saturated rings. The van der Waals surface area contributed by atoms with Gasteiger partial charge in [0.2, 0.25) is 5.75 Å². The van der Waals surface area contributed by atoms with Crippen LogP contribution in [0.2, 0.25) is 0 Å². The van der Waals surface area contributed by atoms with Gasteiger partial charge in [-0.05, 0) is 29.7 Å². The van der Waals surface area contributed by atoms with Gasteiger partial charge >= 0.3 is 11.7 Å². The maximum absolute atomic E-state index is 10.9. The molecule has 25 heavy (non-hydrogen) atoms. The Bertz CT molecular complexity index is 983. The summed E-state index contributed by atoms with van der Waals surface area (Å²) in [5, 5.41) is 39.3. The second-order valence-electron chi connectivity index (χ2n) is 4.93. The van der Waals surface area contributed by atoms with E-state index >= 15 is 0 Å². The molecule has 0 saturated carbocycles. The molecule has 3 aromatic rings. The Morgan fingerprint density at radius 2 is 1.80 bits per heavy atom. The van der Waals surface area contributed by atoms with Crippen molar-refractivity contribution < 1.29 is 25.0 Å². The highest BCUT2D eigenvalue weighted by Crippen LogP contribution is 2.40. The minimum absolute atomic E-state index is 0.123. The molecule has 0 radical (unpaired) electrons. The molecule has 126 valence electrons. The molecule has 0 bridgehead atoms. The third kappa shape index (κ3) is 3.10. The van der Waals surface area contributed by atoms with Crippen LogP contribution in [0.5, 0.6) is 11.5 Å². The van der Waals surface area contributed by atoms with Gasteiger partial charge < -0.3 is 15.3 Å². The average Bonchev–Trinajstić information content (AvgIpc) is 3.07. The molecule has 0 aliphatic carbocycles. The van der Waals surface area contributed by atoms with Crippen LogP contribution in [0, 0.1) is 10.1 Å². The molecular formula is C15H9N3O6S. The van der Waals surface area contributed by atoms with E-state index in [2.05, 4.69) is 9.36 Å². The number of phenols is 2. The van der Waals surface area contributed by atoms with Gasteiger partial charge in [-0.15, -0.1) is 0 Å². The van der Waals surface area contributed by atoms with Crippen molar-refractivity contribution in [2.24, 2.45) is 0 Å².